The van der Waals surface area contributed by atoms with Gasteiger partial charge >= 0.3 is 0 Å². The van der Waals surface area contributed by atoms with Crippen LogP contribution >= 0.6 is 0 Å². The van der Waals surface area contributed by atoms with Crippen LogP contribution in [0.25, 0.3) is 0 Å². The molecular formula is C16H14F2N2O. The second kappa shape index (κ2) is 6.23. The Bertz CT molecular complexity index is 651. The number of nitriles is 1. The Morgan fingerprint density at radius 1 is 1.19 bits per heavy atom. The molecule has 0 aliphatic carbocycles. The van der Waals surface area contributed by atoms with E-state index in [0.717, 1.165) is 0 Å². The highest BCUT2D eigenvalue weighted by atomic mass is 19.3. The van der Waals surface area contributed by atoms with Crippen LogP contribution in [0.15, 0.2) is 48.5 Å². The van der Waals surface area contributed by atoms with E-state index in [9.17, 15) is 8.78 Å². The molecule has 5 heteroatoms. The van der Waals surface area contributed by atoms with Crippen molar-refractivity contribution in [3.8, 4) is 11.8 Å². The second-order valence-electron chi connectivity index (χ2n) is 4.45. The van der Waals surface area contributed by atoms with Gasteiger partial charge in [-0.1, -0.05) is 30.3 Å². The first kappa shape index (κ1) is 14.8. The Kier molecular flexibility index (Phi) is 4.39. The summed E-state index contributed by atoms with van der Waals surface area (Å²) in [5, 5.41) is 11.5. The Balaban J connectivity index is 2.15. The quantitative estimate of drug-likeness (QED) is 0.911. The fourth-order valence-electron chi connectivity index (χ4n) is 1.90. The molecule has 1 N–H and O–H groups in total. The van der Waals surface area contributed by atoms with E-state index >= 15 is 0 Å². The van der Waals surface area contributed by atoms with Gasteiger partial charge in [-0.2, -0.15) is 14.0 Å². The summed E-state index contributed by atoms with van der Waals surface area (Å²) in [7, 11) is 1.43. The lowest BCUT2D eigenvalue weighted by Gasteiger charge is -2.19. The molecule has 0 saturated heterocycles. The number of nitrogens with one attached hydrogen (secondary N) is 1. The van der Waals surface area contributed by atoms with E-state index in [1.807, 2.05) is 6.07 Å². The summed E-state index contributed by atoms with van der Waals surface area (Å²) >= 11 is 0. The second-order valence-corrected chi connectivity index (χ2v) is 4.45. The minimum absolute atomic E-state index is 0.0508. The summed E-state index contributed by atoms with van der Waals surface area (Å²) < 4.78 is 33.2. The molecule has 0 unspecified atom stereocenters. The molecule has 0 aliphatic rings. The van der Waals surface area contributed by atoms with Gasteiger partial charge < -0.3 is 10.1 Å². The van der Waals surface area contributed by atoms with Crippen LogP contribution in [0.1, 0.15) is 11.1 Å². The van der Waals surface area contributed by atoms with Gasteiger partial charge in [0.2, 0.25) is 0 Å². The molecule has 0 saturated carbocycles. The fraction of sp³-hybridized carbons (Fsp3) is 0.188. The fourth-order valence-corrected chi connectivity index (χ4v) is 1.90. The zero-order valence-electron chi connectivity index (χ0n) is 11.4. The molecular weight excluding hydrogens is 274 g/mol. The molecule has 0 fully saturated rings. The van der Waals surface area contributed by atoms with Crippen molar-refractivity contribution in [1.82, 2.24) is 0 Å². The predicted octanol–water partition coefficient (Wildman–Crippen LogP) is 3.77. The first-order valence-electron chi connectivity index (χ1n) is 6.32. The largest absolute Gasteiger partial charge is 0.495 e. The van der Waals surface area contributed by atoms with Crippen molar-refractivity contribution in [2.45, 2.75) is 5.92 Å². The summed E-state index contributed by atoms with van der Waals surface area (Å²) in [6, 6.07) is 14.2. The minimum Gasteiger partial charge on any atom is -0.495 e. The molecule has 3 nitrogen and oxygen atoms in total. The number of benzene rings is 2. The van der Waals surface area contributed by atoms with Crippen LogP contribution in [-0.2, 0) is 5.92 Å². The molecule has 0 aromatic heterocycles. The summed E-state index contributed by atoms with van der Waals surface area (Å²) in [4.78, 5) is 0. The van der Waals surface area contributed by atoms with Gasteiger partial charge in [0.15, 0.2) is 0 Å². The Morgan fingerprint density at radius 2 is 1.90 bits per heavy atom. The number of nitrogens with zero attached hydrogens (tertiary/aromatic N) is 1. The zero-order valence-corrected chi connectivity index (χ0v) is 11.4. The number of hydrogen-bond donors (Lipinski definition) is 1. The first-order valence-corrected chi connectivity index (χ1v) is 6.32. The van der Waals surface area contributed by atoms with Gasteiger partial charge in [-0.25, -0.2) is 0 Å². The molecule has 0 atom stereocenters. The lowest BCUT2D eigenvalue weighted by Crippen LogP contribution is -2.24. The van der Waals surface area contributed by atoms with Crippen molar-refractivity contribution < 1.29 is 13.5 Å². The molecule has 2 rings (SSSR count). The Labute approximate surface area is 121 Å². The van der Waals surface area contributed by atoms with Crippen LogP contribution in [0.3, 0.4) is 0 Å². The van der Waals surface area contributed by atoms with Gasteiger partial charge in [0.1, 0.15) is 5.75 Å². The lowest BCUT2D eigenvalue weighted by atomic mass is 10.1. The maximum Gasteiger partial charge on any atom is 0.290 e. The molecule has 0 aliphatic heterocycles. The monoisotopic (exact) mass is 288 g/mol. The van der Waals surface area contributed by atoms with E-state index < -0.39 is 12.5 Å². The zero-order chi connectivity index (χ0) is 15.3. The third-order valence-corrected chi connectivity index (χ3v) is 3.03. The molecule has 0 amide bonds. The third-order valence-electron chi connectivity index (χ3n) is 3.03. The van der Waals surface area contributed by atoms with E-state index in [-0.39, 0.29) is 5.56 Å². The summed E-state index contributed by atoms with van der Waals surface area (Å²) in [6.45, 7) is -0.556. The summed E-state index contributed by atoms with van der Waals surface area (Å²) in [5.41, 5.74) is 0.782. The number of alkyl halides is 2. The Morgan fingerprint density at radius 3 is 2.52 bits per heavy atom. The van der Waals surface area contributed by atoms with Crippen LogP contribution in [0.2, 0.25) is 0 Å². The van der Waals surface area contributed by atoms with Crippen molar-refractivity contribution in [2.75, 3.05) is 19.0 Å². The van der Waals surface area contributed by atoms with Gasteiger partial charge in [0.25, 0.3) is 5.92 Å². The molecule has 21 heavy (non-hydrogen) atoms. The number of rotatable bonds is 5. The smallest absolute Gasteiger partial charge is 0.290 e. The summed E-state index contributed by atoms with van der Waals surface area (Å²) in [6.07, 6.45) is 0. The molecule has 108 valence electrons. The van der Waals surface area contributed by atoms with Crippen LogP contribution < -0.4 is 10.1 Å². The van der Waals surface area contributed by atoms with E-state index in [4.69, 9.17) is 10.00 Å². The van der Waals surface area contributed by atoms with E-state index in [1.54, 1.807) is 30.3 Å². The van der Waals surface area contributed by atoms with Gasteiger partial charge in [-0.05, 0) is 12.1 Å². The molecule has 0 heterocycles. The topological polar surface area (TPSA) is 45.0 Å². The van der Waals surface area contributed by atoms with Crippen molar-refractivity contribution in [2.24, 2.45) is 0 Å². The van der Waals surface area contributed by atoms with Gasteiger partial charge in [-0.3, -0.25) is 0 Å². The van der Waals surface area contributed by atoms with Crippen molar-refractivity contribution >= 4 is 5.69 Å². The first-order chi connectivity index (χ1) is 10.1. The number of methoxy groups -OCH3 is 1. The average molecular weight is 288 g/mol. The van der Waals surface area contributed by atoms with Gasteiger partial charge in [0, 0.05) is 11.6 Å². The van der Waals surface area contributed by atoms with Gasteiger partial charge in [-0.15, -0.1) is 0 Å². The van der Waals surface area contributed by atoms with Crippen molar-refractivity contribution in [1.29, 1.82) is 5.26 Å². The maximum atomic E-state index is 14.1. The summed E-state index contributed by atoms with van der Waals surface area (Å²) in [5.74, 6) is -2.64. The molecule has 2 aromatic carbocycles. The van der Waals surface area contributed by atoms with Crippen molar-refractivity contribution in [3.63, 3.8) is 0 Å². The average Bonchev–Trinajstić information content (AvgIpc) is 2.53. The Hall–Kier alpha value is -2.61. The molecule has 0 spiro atoms. The van der Waals surface area contributed by atoms with Crippen LogP contribution in [-0.4, -0.2) is 13.7 Å². The number of anilines is 1. The van der Waals surface area contributed by atoms with E-state index in [1.165, 1.54) is 25.3 Å². The highest BCUT2D eigenvalue weighted by Gasteiger charge is 2.31. The van der Waals surface area contributed by atoms with E-state index in [0.29, 0.717) is 17.0 Å². The highest BCUT2D eigenvalue weighted by molar-refractivity contribution is 5.59. The SMILES string of the molecule is COc1cc(C#N)ccc1NCC(F)(F)c1ccccc1. The normalized spacial score (nSPS) is 10.8. The third kappa shape index (κ3) is 3.48. The van der Waals surface area contributed by atoms with Crippen LogP contribution in [0, 0.1) is 11.3 Å². The lowest BCUT2D eigenvalue weighted by molar-refractivity contribution is 0.0106. The molecule has 0 bridgehead atoms. The van der Waals surface area contributed by atoms with E-state index in [2.05, 4.69) is 5.32 Å². The molecule has 2 aromatic rings. The maximum absolute atomic E-state index is 14.1. The van der Waals surface area contributed by atoms with Gasteiger partial charge in [0.05, 0.1) is 31.0 Å². The van der Waals surface area contributed by atoms with Crippen LogP contribution in [0.4, 0.5) is 14.5 Å². The number of ether oxygens (including phenoxy) is 1. The highest BCUT2D eigenvalue weighted by Crippen LogP contribution is 2.31. The molecule has 0 radical (unpaired) electrons. The standard InChI is InChI=1S/C16H14F2N2O/c1-21-15-9-12(10-19)7-8-14(15)20-11-16(17,18)13-5-3-2-4-6-13/h2-9,20H,11H2,1H3. The minimum atomic E-state index is -3.00. The van der Waals surface area contributed by atoms with Crippen molar-refractivity contribution in [3.05, 3.63) is 59.7 Å². The number of halogens is 2. The van der Waals surface area contributed by atoms with Crippen LogP contribution in [0.5, 0.6) is 5.75 Å². The predicted molar refractivity (Wildman–Crippen MR) is 76.5 cm³/mol. The number of hydrogen-bond acceptors (Lipinski definition) is 3.